The molecule has 0 spiro atoms. The largest absolute Gasteiger partial charge is 0.377 e. The van der Waals surface area contributed by atoms with Gasteiger partial charge in [0.25, 0.3) is 0 Å². The Balaban J connectivity index is 2.48. The molecule has 0 radical (unpaired) electrons. The molecule has 0 aromatic heterocycles. The molecule has 1 aliphatic rings. The van der Waals surface area contributed by atoms with E-state index in [1.807, 2.05) is 11.8 Å². The van der Waals surface area contributed by atoms with Crippen LogP contribution in [-0.4, -0.2) is 43.2 Å². The Kier molecular flexibility index (Phi) is 4.62. The molecule has 0 saturated carbocycles. The lowest BCUT2D eigenvalue weighted by molar-refractivity contribution is -0.126. The fourth-order valence-electron chi connectivity index (χ4n) is 1.47. The van der Waals surface area contributed by atoms with Crippen molar-refractivity contribution in [1.29, 1.82) is 0 Å². The van der Waals surface area contributed by atoms with E-state index in [2.05, 4.69) is 0 Å². The average molecular weight is 198 g/mol. The summed E-state index contributed by atoms with van der Waals surface area (Å²) in [5.74, 6) is 0.0350. The zero-order valence-electron chi connectivity index (χ0n) is 8.61. The molecule has 0 aliphatic carbocycles. The van der Waals surface area contributed by atoms with Crippen LogP contribution in [0, 0.1) is 0 Å². The molecule has 4 nitrogen and oxygen atoms in total. The Bertz CT molecular complexity index is 216. The second-order valence-electron chi connectivity index (χ2n) is 3.46. The van der Waals surface area contributed by atoms with Crippen molar-refractivity contribution in [1.82, 2.24) is 4.90 Å². The molecular weight excluding hydrogens is 180 g/mol. The average Bonchev–Trinajstić information content (AvgIpc) is 2.39. The van der Waals surface area contributed by atoms with E-state index in [4.69, 9.17) is 10.5 Å². The van der Waals surface area contributed by atoms with E-state index < -0.39 is 0 Å². The monoisotopic (exact) mass is 198 g/mol. The van der Waals surface area contributed by atoms with Crippen molar-refractivity contribution in [3.63, 3.8) is 0 Å². The molecule has 4 heteroatoms. The highest BCUT2D eigenvalue weighted by atomic mass is 16.5. The van der Waals surface area contributed by atoms with Gasteiger partial charge < -0.3 is 15.4 Å². The van der Waals surface area contributed by atoms with Crippen molar-refractivity contribution in [2.75, 3.05) is 26.2 Å². The summed E-state index contributed by atoms with van der Waals surface area (Å²) < 4.78 is 5.44. The number of carbonyl (C=O) groups excluding carboxylic acids is 1. The van der Waals surface area contributed by atoms with E-state index in [-0.39, 0.29) is 12.0 Å². The van der Waals surface area contributed by atoms with Gasteiger partial charge in [0.2, 0.25) is 5.91 Å². The van der Waals surface area contributed by atoms with Crippen molar-refractivity contribution in [2.24, 2.45) is 5.73 Å². The molecule has 1 fully saturated rings. The minimum Gasteiger partial charge on any atom is -0.377 e. The maximum atomic E-state index is 11.6. The second kappa shape index (κ2) is 5.78. The van der Waals surface area contributed by atoms with Gasteiger partial charge in [-0.1, -0.05) is 6.08 Å². The molecule has 1 saturated heterocycles. The first-order chi connectivity index (χ1) is 6.74. The maximum Gasteiger partial charge on any atom is 0.246 e. The molecule has 1 unspecified atom stereocenters. The fourth-order valence-corrected chi connectivity index (χ4v) is 1.47. The SMILES string of the molecule is CC1CN(C(=O)/C=C/CN)CCCO1. The topological polar surface area (TPSA) is 55.6 Å². The van der Waals surface area contributed by atoms with Crippen molar-refractivity contribution < 1.29 is 9.53 Å². The summed E-state index contributed by atoms with van der Waals surface area (Å²) in [6, 6.07) is 0. The summed E-state index contributed by atoms with van der Waals surface area (Å²) in [5, 5.41) is 0. The minimum absolute atomic E-state index is 0.0350. The summed E-state index contributed by atoms with van der Waals surface area (Å²) in [5.41, 5.74) is 5.28. The summed E-state index contributed by atoms with van der Waals surface area (Å²) in [6.45, 7) is 4.58. The zero-order valence-corrected chi connectivity index (χ0v) is 8.61. The third-order valence-corrected chi connectivity index (χ3v) is 2.16. The number of carbonyl (C=O) groups is 1. The van der Waals surface area contributed by atoms with Crippen molar-refractivity contribution in [2.45, 2.75) is 19.4 Å². The maximum absolute atomic E-state index is 11.6. The molecular formula is C10H18N2O2. The molecule has 14 heavy (non-hydrogen) atoms. The fraction of sp³-hybridized carbons (Fsp3) is 0.700. The summed E-state index contributed by atoms with van der Waals surface area (Å²) in [6.07, 6.45) is 4.26. The molecule has 0 bridgehead atoms. The second-order valence-corrected chi connectivity index (χ2v) is 3.46. The standard InChI is InChI=1S/C10H18N2O2/c1-9-8-12(6-3-7-14-9)10(13)4-2-5-11/h2,4,9H,3,5-8,11H2,1H3/b4-2+. The third kappa shape index (κ3) is 3.47. The highest BCUT2D eigenvalue weighted by Crippen LogP contribution is 2.05. The van der Waals surface area contributed by atoms with Gasteiger partial charge in [0.1, 0.15) is 0 Å². The summed E-state index contributed by atoms with van der Waals surface area (Å²) in [4.78, 5) is 13.4. The molecule has 2 N–H and O–H groups in total. The summed E-state index contributed by atoms with van der Waals surface area (Å²) >= 11 is 0. The third-order valence-electron chi connectivity index (χ3n) is 2.16. The lowest BCUT2D eigenvalue weighted by Crippen LogP contribution is -2.34. The van der Waals surface area contributed by atoms with Gasteiger partial charge in [-0.15, -0.1) is 0 Å². The number of amides is 1. The highest BCUT2D eigenvalue weighted by Gasteiger charge is 2.17. The number of rotatable bonds is 2. The molecule has 0 aromatic carbocycles. The van der Waals surface area contributed by atoms with Crippen LogP contribution in [0.1, 0.15) is 13.3 Å². The number of nitrogens with zero attached hydrogens (tertiary/aromatic N) is 1. The molecule has 1 atom stereocenters. The van der Waals surface area contributed by atoms with E-state index in [1.165, 1.54) is 6.08 Å². The molecule has 1 heterocycles. The van der Waals surface area contributed by atoms with Gasteiger partial charge in [-0.25, -0.2) is 0 Å². The van der Waals surface area contributed by atoms with Crippen LogP contribution < -0.4 is 5.73 Å². The van der Waals surface area contributed by atoms with Crippen LogP contribution in [0.15, 0.2) is 12.2 Å². The van der Waals surface area contributed by atoms with Crippen molar-refractivity contribution >= 4 is 5.91 Å². The zero-order chi connectivity index (χ0) is 10.4. The summed E-state index contributed by atoms with van der Waals surface area (Å²) in [7, 11) is 0. The quantitative estimate of drug-likeness (QED) is 0.642. The highest BCUT2D eigenvalue weighted by molar-refractivity contribution is 5.87. The van der Waals surface area contributed by atoms with Crippen molar-refractivity contribution in [3.05, 3.63) is 12.2 Å². The van der Waals surface area contributed by atoms with E-state index in [9.17, 15) is 4.79 Å². The Morgan fingerprint density at radius 2 is 2.50 bits per heavy atom. The lowest BCUT2D eigenvalue weighted by Gasteiger charge is -2.20. The van der Waals surface area contributed by atoms with Gasteiger partial charge in [0.15, 0.2) is 0 Å². The van der Waals surface area contributed by atoms with Gasteiger partial charge in [-0.05, 0) is 13.3 Å². The molecule has 80 valence electrons. The Morgan fingerprint density at radius 1 is 1.71 bits per heavy atom. The first kappa shape index (κ1) is 11.2. The predicted molar refractivity (Wildman–Crippen MR) is 54.8 cm³/mol. The molecule has 1 amide bonds. The van der Waals surface area contributed by atoms with Gasteiger partial charge in [-0.2, -0.15) is 0 Å². The lowest BCUT2D eigenvalue weighted by atomic mass is 10.3. The predicted octanol–water partition coefficient (Wildman–Crippen LogP) is 0.139. The van der Waals surface area contributed by atoms with Gasteiger partial charge >= 0.3 is 0 Å². The van der Waals surface area contributed by atoms with Crippen LogP contribution in [0.2, 0.25) is 0 Å². The molecule has 1 rings (SSSR count). The Hall–Kier alpha value is -0.870. The van der Waals surface area contributed by atoms with Crippen LogP contribution in [0.3, 0.4) is 0 Å². The van der Waals surface area contributed by atoms with E-state index in [0.717, 1.165) is 19.6 Å². The number of ether oxygens (including phenoxy) is 1. The van der Waals surface area contributed by atoms with E-state index in [1.54, 1.807) is 6.08 Å². The molecule has 1 aliphatic heterocycles. The van der Waals surface area contributed by atoms with Gasteiger partial charge in [0, 0.05) is 32.3 Å². The Morgan fingerprint density at radius 3 is 3.21 bits per heavy atom. The van der Waals surface area contributed by atoms with Gasteiger partial charge in [-0.3, -0.25) is 4.79 Å². The van der Waals surface area contributed by atoms with Crippen molar-refractivity contribution in [3.8, 4) is 0 Å². The van der Waals surface area contributed by atoms with E-state index in [0.29, 0.717) is 13.1 Å². The van der Waals surface area contributed by atoms with Gasteiger partial charge in [0.05, 0.1) is 6.10 Å². The molecule has 0 aromatic rings. The van der Waals surface area contributed by atoms with Crippen LogP contribution in [0.25, 0.3) is 0 Å². The number of hydrogen-bond donors (Lipinski definition) is 1. The van der Waals surface area contributed by atoms with Crippen LogP contribution in [0.4, 0.5) is 0 Å². The minimum atomic E-state index is 0.0350. The number of nitrogens with two attached hydrogens (primary N) is 1. The van der Waals surface area contributed by atoms with E-state index >= 15 is 0 Å². The normalized spacial score (nSPS) is 23.9. The van der Waals surface area contributed by atoms with Crippen LogP contribution in [-0.2, 0) is 9.53 Å². The van der Waals surface area contributed by atoms with Crippen LogP contribution in [0.5, 0.6) is 0 Å². The number of hydrogen-bond acceptors (Lipinski definition) is 3. The smallest absolute Gasteiger partial charge is 0.246 e. The first-order valence-corrected chi connectivity index (χ1v) is 5.01. The first-order valence-electron chi connectivity index (χ1n) is 5.01. The Labute approximate surface area is 84.7 Å². The van der Waals surface area contributed by atoms with Crippen LogP contribution >= 0.6 is 0 Å².